The molecule has 1 aromatic heterocycles. The molecular weight excluding hydrogens is 374 g/mol. The first-order valence-electron chi connectivity index (χ1n) is 10.3. The van der Waals surface area contributed by atoms with Gasteiger partial charge in [-0.15, -0.1) is 0 Å². The molecule has 0 bridgehead atoms. The minimum Gasteiger partial charge on any atom is -0.491 e. The summed E-state index contributed by atoms with van der Waals surface area (Å²) in [4.78, 5) is 9.23. The molecule has 158 valence electrons. The lowest BCUT2D eigenvalue weighted by molar-refractivity contribution is 0.236. The van der Waals surface area contributed by atoms with Gasteiger partial charge in [0.15, 0.2) is 5.82 Å². The number of aliphatic hydroxyl groups is 1. The normalized spacial score (nSPS) is 12.8. The average Bonchev–Trinajstić information content (AvgIpc) is 2.72. The van der Waals surface area contributed by atoms with Crippen LogP contribution in [0.15, 0.2) is 54.7 Å². The fourth-order valence-electron chi connectivity index (χ4n) is 3.28. The molecule has 1 unspecified atom stereocenters. The molecule has 0 amide bonds. The number of aliphatic hydroxyl groups excluding tert-OH is 1. The van der Waals surface area contributed by atoms with Gasteiger partial charge in [0.1, 0.15) is 5.75 Å². The lowest BCUT2D eigenvalue weighted by Gasteiger charge is -2.25. The van der Waals surface area contributed by atoms with E-state index in [-0.39, 0.29) is 24.2 Å². The van der Waals surface area contributed by atoms with Crippen LogP contribution in [0.25, 0.3) is 22.6 Å². The third-order valence-electron chi connectivity index (χ3n) is 4.90. The Hall–Kier alpha value is -2.76. The van der Waals surface area contributed by atoms with Crippen LogP contribution in [-0.2, 0) is 5.41 Å². The van der Waals surface area contributed by atoms with E-state index >= 15 is 0 Å². The summed E-state index contributed by atoms with van der Waals surface area (Å²) in [5.41, 5.74) is 10.6. The van der Waals surface area contributed by atoms with Gasteiger partial charge in [-0.25, -0.2) is 9.97 Å². The van der Waals surface area contributed by atoms with Crippen LogP contribution in [0.3, 0.4) is 0 Å². The number of aromatic nitrogens is 2. The van der Waals surface area contributed by atoms with Gasteiger partial charge in [-0.2, -0.15) is 0 Å². The number of rotatable bonds is 6. The molecule has 0 aliphatic carbocycles. The van der Waals surface area contributed by atoms with E-state index in [1.807, 2.05) is 56.3 Å². The molecule has 1 atom stereocenters. The van der Waals surface area contributed by atoms with Gasteiger partial charge in [0.2, 0.25) is 0 Å². The van der Waals surface area contributed by atoms with Crippen molar-refractivity contribution in [1.29, 1.82) is 0 Å². The van der Waals surface area contributed by atoms with Gasteiger partial charge in [-0.05, 0) is 49.1 Å². The van der Waals surface area contributed by atoms with Crippen molar-refractivity contribution < 1.29 is 9.84 Å². The summed E-state index contributed by atoms with van der Waals surface area (Å²) >= 11 is 0. The van der Waals surface area contributed by atoms with Crippen molar-refractivity contribution >= 4 is 0 Å². The van der Waals surface area contributed by atoms with Gasteiger partial charge in [-0.1, -0.05) is 45.0 Å². The zero-order valence-corrected chi connectivity index (χ0v) is 18.4. The molecule has 0 fully saturated rings. The summed E-state index contributed by atoms with van der Waals surface area (Å²) < 4.78 is 6.03. The lowest BCUT2D eigenvalue weighted by Crippen LogP contribution is -2.16. The zero-order chi connectivity index (χ0) is 21.9. The summed E-state index contributed by atoms with van der Waals surface area (Å²) in [5.74, 6) is 1.56. The Morgan fingerprint density at radius 3 is 2.27 bits per heavy atom. The summed E-state index contributed by atoms with van der Waals surface area (Å²) in [6.45, 7) is 10.5. The van der Waals surface area contributed by atoms with Crippen molar-refractivity contribution in [2.45, 2.75) is 52.2 Å². The molecule has 3 rings (SSSR count). The second-order valence-electron chi connectivity index (χ2n) is 8.80. The van der Waals surface area contributed by atoms with Crippen LogP contribution in [0.5, 0.6) is 5.75 Å². The number of nitrogens with zero attached hydrogens (tertiary/aromatic N) is 2. The Kier molecular flexibility index (Phi) is 6.54. The van der Waals surface area contributed by atoms with Crippen molar-refractivity contribution in [2.75, 3.05) is 6.61 Å². The largest absolute Gasteiger partial charge is 0.491 e. The SMILES string of the molecule is CC(C)Oc1ccc(-c2ccnc(-c3ccc(C(N)CO)cc3)n2)cc1C(C)(C)C. The molecule has 0 aliphatic rings. The molecule has 0 aliphatic heterocycles. The summed E-state index contributed by atoms with van der Waals surface area (Å²) in [6.07, 6.45) is 1.89. The minimum atomic E-state index is -0.381. The van der Waals surface area contributed by atoms with Gasteiger partial charge >= 0.3 is 0 Å². The quantitative estimate of drug-likeness (QED) is 0.610. The van der Waals surface area contributed by atoms with E-state index in [9.17, 15) is 5.11 Å². The number of benzene rings is 2. The fraction of sp³-hybridized carbons (Fsp3) is 0.360. The fourth-order valence-corrected chi connectivity index (χ4v) is 3.28. The number of nitrogens with two attached hydrogens (primary N) is 1. The van der Waals surface area contributed by atoms with E-state index in [4.69, 9.17) is 15.5 Å². The van der Waals surface area contributed by atoms with Crippen LogP contribution in [0.4, 0.5) is 0 Å². The van der Waals surface area contributed by atoms with Crippen molar-refractivity contribution in [3.8, 4) is 28.4 Å². The number of ether oxygens (including phenoxy) is 1. The Labute approximate surface area is 179 Å². The van der Waals surface area contributed by atoms with Gasteiger partial charge in [0, 0.05) is 22.9 Å². The Balaban J connectivity index is 1.97. The van der Waals surface area contributed by atoms with Crippen LogP contribution in [0.1, 0.15) is 51.8 Å². The van der Waals surface area contributed by atoms with Crippen LogP contribution in [0, 0.1) is 0 Å². The average molecular weight is 406 g/mol. The maximum absolute atomic E-state index is 9.23. The van der Waals surface area contributed by atoms with Crippen molar-refractivity contribution in [1.82, 2.24) is 9.97 Å². The van der Waals surface area contributed by atoms with Gasteiger partial charge in [0.25, 0.3) is 0 Å². The predicted octanol–water partition coefficient (Wildman–Crippen LogP) is 4.89. The molecule has 0 saturated heterocycles. The van der Waals surface area contributed by atoms with Crippen LogP contribution >= 0.6 is 0 Å². The highest BCUT2D eigenvalue weighted by Gasteiger charge is 2.21. The molecule has 0 spiro atoms. The highest BCUT2D eigenvalue weighted by atomic mass is 16.5. The maximum Gasteiger partial charge on any atom is 0.159 e. The highest BCUT2D eigenvalue weighted by molar-refractivity contribution is 5.66. The van der Waals surface area contributed by atoms with E-state index in [0.29, 0.717) is 5.82 Å². The molecule has 0 saturated carbocycles. The van der Waals surface area contributed by atoms with Gasteiger partial charge in [0.05, 0.1) is 24.4 Å². The van der Waals surface area contributed by atoms with E-state index in [1.165, 1.54) is 0 Å². The van der Waals surface area contributed by atoms with Crippen molar-refractivity contribution in [3.63, 3.8) is 0 Å². The van der Waals surface area contributed by atoms with Crippen molar-refractivity contribution in [3.05, 3.63) is 65.9 Å². The molecule has 0 radical (unpaired) electrons. The molecule has 3 N–H and O–H groups in total. The molecule has 1 heterocycles. The van der Waals surface area contributed by atoms with E-state index in [0.717, 1.165) is 33.7 Å². The zero-order valence-electron chi connectivity index (χ0n) is 18.4. The first kappa shape index (κ1) is 21.9. The van der Waals surface area contributed by atoms with Gasteiger partial charge < -0.3 is 15.6 Å². The van der Waals surface area contributed by atoms with Gasteiger partial charge in [-0.3, -0.25) is 0 Å². The Bertz CT molecular complexity index is 992. The number of hydrogen-bond acceptors (Lipinski definition) is 5. The molecule has 3 aromatic rings. The third-order valence-corrected chi connectivity index (χ3v) is 4.90. The molecule has 5 heteroatoms. The standard InChI is InChI=1S/C25H31N3O2/c1-16(2)30-23-11-10-19(14-20(23)25(3,4)5)22-12-13-27-24(28-22)18-8-6-17(7-9-18)21(26)15-29/h6-14,16,21,29H,15,26H2,1-5H3. The lowest BCUT2D eigenvalue weighted by atomic mass is 9.85. The highest BCUT2D eigenvalue weighted by Crippen LogP contribution is 2.35. The van der Waals surface area contributed by atoms with E-state index < -0.39 is 0 Å². The maximum atomic E-state index is 9.23. The topological polar surface area (TPSA) is 81.3 Å². The second kappa shape index (κ2) is 8.94. The Morgan fingerprint density at radius 2 is 1.67 bits per heavy atom. The van der Waals surface area contributed by atoms with Crippen LogP contribution in [-0.4, -0.2) is 27.8 Å². The minimum absolute atomic E-state index is 0.0581. The second-order valence-corrected chi connectivity index (χ2v) is 8.80. The summed E-state index contributed by atoms with van der Waals surface area (Å²) in [5, 5.41) is 9.23. The first-order valence-corrected chi connectivity index (χ1v) is 10.3. The summed E-state index contributed by atoms with van der Waals surface area (Å²) in [7, 11) is 0. The summed E-state index contributed by atoms with van der Waals surface area (Å²) in [6, 6.07) is 15.5. The van der Waals surface area contributed by atoms with Crippen molar-refractivity contribution in [2.24, 2.45) is 5.73 Å². The van der Waals surface area contributed by atoms with Crippen LogP contribution < -0.4 is 10.5 Å². The molecule has 30 heavy (non-hydrogen) atoms. The van der Waals surface area contributed by atoms with Crippen LogP contribution in [0.2, 0.25) is 0 Å². The first-order chi connectivity index (χ1) is 14.2. The monoisotopic (exact) mass is 405 g/mol. The Morgan fingerprint density at radius 1 is 1.00 bits per heavy atom. The third kappa shape index (κ3) is 5.04. The molecular formula is C25H31N3O2. The number of hydrogen-bond donors (Lipinski definition) is 2. The smallest absolute Gasteiger partial charge is 0.159 e. The molecule has 2 aromatic carbocycles. The molecule has 5 nitrogen and oxygen atoms in total. The van der Waals surface area contributed by atoms with E-state index in [2.05, 4.69) is 31.8 Å². The predicted molar refractivity (Wildman–Crippen MR) is 121 cm³/mol. The van der Waals surface area contributed by atoms with E-state index in [1.54, 1.807) is 6.20 Å².